The number of Topliss-reactive ketones (excluding diaryl/α,β-unsaturated/α-hetero) is 1. The lowest BCUT2D eigenvalue weighted by atomic mass is 9.76. The summed E-state index contributed by atoms with van der Waals surface area (Å²) in [4.78, 5) is 71.4. The van der Waals surface area contributed by atoms with Crippen molar-refractivity contribution >= 4 is 52.5 Å². The second-order valence-electron chi connectivity index (χ2n) is 15.6. The van der Waals surface area contributed by atoms with Crippen molar-refractivity contribution in [2.75, 3.05) is 24.3 Å². The van der Waals surface area contributed by atoms with E-state index >= 15 is 0 Å². The van der Waals surface area contributed by atoms with Crippen molar-refractivity contribution in [1.29, 1.82) is 0 Å². The molecular weight excluding hydrogens is 720 g/mol. The molecule has 2 aliphatic heterocycles. The molecule has 11 nitrogen and oxygen atoms in total. The first-order chi connectivity index (χ1) is 26.1. The summed E-state index contributed by atoms with van der Waals surface area (Å²) in [6.45, 7) is 15.3. The van der Waals surface area contributed by atoms with Gasteiger partial charge in [-0.25, -0.2) is 9.69 Å². The van der Waals surface area contributed by atoms with Crippen LogP contribution >= 0.6 is 11.6 Å². The van der Waals surface area contributed by atoms with E-state index in [9.17, 15) is 24.0 Å². The Morgan fingerprint density at radius 2 is 1.56 bits per heavy atom. The highest BCUT2D eigenvalue weighted by molar-refractivity contribution is 6.34. The third kappa shape index (κ3) is 8.67. The number of nitrogens with zero attached hydrogens (tertiary/aromatic N) is 2. The van der Waals surface area contributed by atoms with Crippen molar-refractivity contribution in [3.05, 3.63) is 82.4 Å². The van der Waals surface area contributed by atoms with Gasteiger partial charge in [0.2, 0.25) is 0 Å². The van der Waals surface area contributed by atoms with Crippen molar-refractivity contribution in [3.8, 4) is 11.5 Å². The number of nitrogens with one attached hydrogen (secondary N) is 2. The zero-order valence-corrected chi connectivity index (χ0v) is 33.8. The summed E-state index contributed by atoms with van der Waals surface area (Å²) in [7, 11) is 1.48. The Hall–Kier alpha value is -4.90. The topological polar surface area (TPSA) is 134 Å². The quantitative estimate of drug-likeness (QED) is 0.0899. The van der Waals surface area contributed by atoms with Gasteiger partial charge in [-0.1, -0.05) is 72.2 Å². The smallest absolute Gasteiger partial charge is 0.328 e. The molecule has 2 N–H and O–H groups in total. The van der Waals surface area contributed by atoms with Crippen LogP contribution in [0.3, 0.4) is 0 Å². The zero-order valence-electron chi connectivity index (χ0n) is 33.1. The van der Waals surface area contributed by atoms with E-state index in [0.29, 0.717) is 43.0 Å². The fourth-order valence-corrected chi connectivity index (χ4v) is 7.06. The molecular formula is C43H53ClN4O7. The molecule has 2 fully saturated rings. The highest BCUT2D eigenvalue weighted by Crippen LogP contribution is 2.39. The van der Waals surface area contributed by atoms with Gasteiger partial charge in [-0.3, -0.25) is 19.2 Å². The highest BCUT2D eigenvalue weighted by atomic mass is 35.5. The predicted octanol–water partition coefficient (Wildman–Crippen LogP) is 8.53. The van der Waals surface area contributed by atoms with E-state index < -0.39 is 47.7 Å². The molecule has 5 amide bonds. The molecule has 0 radical (unpaired) electrons. The summed E-state index contributed by atoms with van der Waals surface area (Å²) in [5, 5.41) is 5.67. The number of anilines is 2. The van der Waals surface area contributed by atoms with Crippen LogP contribution in [0.2, 0.25) is 5.02 Å². The van der Waals surface area contributed by atoms with Crippen LogP contribution in [0.5, 0.6) is 11.5 Å². The van der Waals surface area contributed by atoms with Crippen molar-refractivity contribution in [3.63, 3.8) is 0 Å². The first-order valence-corrected chi connectivity index (χ1v) is 19.5. The minimum Gasteiger partial charge on any atom is -0.497 e. The number of hydrogen-bond donors (Lipinski definition) is 2. The van der Waals surface area contributed by atoms with E-state index in [4.69, 9.17) is 21.1 Å². The molecule has 0 bridgehead atoms. The number of rotatable bonds is 15. The summed E-state index contributed by atoms with van der Waals surface area (Å²) < 4.78 is 11.7. The standard InChI is InChI=1S/C43H53ClN4O7/c1-9-34(55-35-22-17-27(42(4,5)10-2)24-30(35)43(6,7)11-3)38(50)45-28-18-21-31(44)32(25-28)46-39(51)36(37(49)26-15-19-29(54-8)20-16-26)48-40(52)33-14-12-13-23-47(33)41(48)53/h15-22,24-25,33-34,36H,9-14,23H2,1-8H3,(H,45,50)(H,46,51). The largest absolute Gasteiger partial charge is 0.497 e. The zero-order chi connectivity index (χ0) is 40.2. The number of halogens is 1. The molecule has 55 heavy (non-hydrogen) atoms. The van der Waals surface area contributed by atoms with Gasteiger partial charge in [-0.05, 0) is 103 Å². The number of methoxy groups -OCH3 is 1. The molecule has 3 aromatic rings. The first-order valence-electron chi connectivity index (χ1n) is 19.1. The number of imide groups is 1. The van der Waals surface area contributed by atoms with Gasteiger partial charge in [-0.15, -0.1) is 0 Å². The number of fused-ring (bicyclic) bond motifs is 1. The number of urea groups is 1. The number of benzene rings is 3. The van der Waals surface area contributed by atoms with Gasteiger partial charge >= 0.3 is 6.03 Å². The average molecular weight is 773 g/mol. The number of carbonyl (C=O) groups excluding carboxylic acids is 5. The third-order valence-electron chi connectivity index (χ3n) is 11.3. The van der Waals surface area contributed by atoms with E-state index in [1.165, 1.54) is 41.8 Å². The van der Waals surface area contributed by atoms with Gasteiger partial charge in [0.15, 0.2) is 17.9 Å². The lowest BCUT2D eigenvalue weighted by Crippen LogP contribution is -2.52. The van der Waals surface area contributed by atoms with Crippen LogP contribution in [0, 0.1) is 0 Å². The van der Waals surface area contributed by atoms with E-state index in [2.05, 4.69) is 64.3 Å². The third-order valence-corrected chi connectivity index (χ3v) is 11.6. The second kappa shape index (κ2) is 16.9. The number of ether oxygens (including phenoxy) is 2. The van der Waals surface area contributed by atoms with E-state index in [1.54, 1.807) is 18.2 Å². The molecule has 0 saturated carbocycles. The van der Waals surface area contributed by atoms with Gasteiger partial charge in [0.05, 0.1) is 17.8 Å². The molecule has 3 aromatic carbocycles. The molecule has 0 aromatic heterocycles. The normalized spacial score (nSPS) is 17.0. The summed E-state index contributed by atoms with van der Waals surface area (Å²) in [5.41, 5.74) is 2.49. The lowest BCUT2D eigenvalue weighted by molar-refractivity contribution is -0.133. The highest BCUT2D eigenvalue weighted by Gasteiger charge is 2.52. The number of amides is 5. The Kier molecular flexibility index (Phi) is 12.6. The van der Waals surface area contributed by atoms with Crippen molar-refractivity contribution in [2.24, 2.45) is 0 Å². The second-order valence-corrected chi connectivity index (χ2v) is 16.0. The number of hydrogen-bond acceptors (Lipinski definition) is 7. The van der Waals surface area contributed by atoms with Gasteiger partial charge in [0, 0.05) is 23.4 Å². The molecule has 0 spiro atoms. The first kappa shape index (κ1) is 41.3. The van der Waals surface area contributed by atoms with Gasteiger partial charge in [0.25, 0.3) is 17.7 Å². The Labute approximate surface area is 329 Å². The molecule has 2 saturated heterocycles. The van der Waals surface area contributed by atoms with Gasteiger partial charge < -0.3 is 25.0 Å². The van der Waals surface area contributed by atoms with Gasteiger partial charge in [0.1, 0.15) is 17.5 Å². The maximum atomic E-state index is 14.1. The molecule has 2 aliphatic rings. The summed E-state index contributed by atoms with van der Waals surface area (Å²) in [6.07, 6.45) is 3.28. The van der Waals surface area contributed by atoms with Crippen LogP contribution in [0.4, 0.5) is 16.2 Å². The van der Waals surface area contributed by atoms with Crippen molar-refractivity contribution < 1.29 is 33.4 Å². The monoisotopic (exact) mass is 772 g/mol. The molecule has 12 heteroatoms. The average Bonchev–Trinajstić information content (AvgIpc) is 3.43. The maximum Gasteiger partial charge on any atom is 0.328 e. The summed E-state index contributed by atoms with van der Waals surface area (Å²) in [5.74, 6) is -1.55. The Bertz CT molecular complexity index is 1920. The minimum absolute atomic E-state index is 0.0286. The van der Waals surface area contributed by atoms with Crippen LogP contribution < -0.4 is 20.1 Å². The maximum absolute atomic E-state index is 14.1. The SMILES string of the molecule is CCC(Oc1ccc(C(C)(C)CC)cc1C(C)(C)CC)C(=O)Nc1ccc(Cl)c(NC(=O)C(C(=O)c2ccc(OC)cc2)N2C(=O)C3CCCCN3C2=O)c1. The Morgan fingerprint density at radius 3 is 2.18 bits per heavy atom. The molecule has 5 rings (SSSR count). The number of ketones is 1. The van der Waals surface area contributed by atoms with E-state index in [1.807, 2.05) is 13.0 Å². The Balaban J connectivity index is 1.40. The number of piperidine rings is 1. The van der Waals surface area contributed by atoms with Gasteiger partial charge in [-0.2, -0.15) is 0 Å². The van der Waals surface area contributed by atoms with Crippen LogP contribution in [0.15, 0.2) is 60.7 Å². The molecule has 3 unspecified atom stereocenters. The lowest BCUT2D eigenvalue weighted by Gasteiger charge is -2.31. The number of carbonyl (C=O) groups is 5. The predicted molar refractivity (Wildman–Crippen MR) is 214 cm³/mol. The fourth-order valence-electron chi connectivity index (χ4n) is 6.89. The fraction of sp³-hybridized carbons (Fsp3) is 0.465. The summed E-state index contributed by atoms with van der Waals surface area (Å²) in [6, 6.07) is 13.6. The molecule has 294 valence electrons. The van der Waals surface area contributed by atoms with Crippen molar-refractivity contribution in [2.45, 2.75) is 116 Å². The minimum atomic E-state index is -1.82. The van der Waals surface area contributed by atoms with E-state index in [-0.39, 0.29) is 27.1 Å². The van der Waals surface area contributed by atoms with Crippen molar-refractivity contribution in [1.82, 2.24) is 9.80 Å². The Morgan fingerprint density at radius 1 is 0.873 bits per heavy atom. The van der Waals surface area contributed by atoms with Crippen LogP contribution in [0.25, 0.3) is 0 Å². The van der Waals surface area contributed by atoms with Crippen LogP contribution in [-0.4, -0.2) is 71.2 Å². The van der Waals surface area contributed by atoms with Crippen LogP contribution in [0.1, 0.15) is 108 Å². The molecule has 0 aliphatic carbocycles. The van der Waals surface area contributed by atoms with Crippen LogP contribution in [-0.2, 0) is 25.2 Å². The van der Waals surface area contributed by atoms with E-state index in [0.717, 1.165) is 29.7 Å². The molecule has 3 atom stereocenters. The summed E-state index contributed by atoms with van der Waals surface area (Å²) >= 11 is 6.55. The molecule has 2 heterocycles.